The van der Waals surface area contributed by atoms with Gasteiger partial charge < -0.3 is 10.2 Å². The molecule has 0 aromatic carbocycles. The summed E-state index contributed by atoms with van der Waals surface area (Å²) >= 11 is 0. The maximum atomic E-state index is 11.2. The van der Waals surface area contributed by atoms with Crippen LogP contribution in [0.25, 0.3) is 0 Å². The van der Waals surface area contributed by atoms with Gasteiger partial charge in [0.1, 0.15) is 0 Å². The molecule has 4 nitrogen and oxygen atoms in total. The minimum Gasteiger partial charge on any atom is -0.481 e. The van der Waals surface area contributed by atoms with Crippen LogP contribution in [-0.2, 0) is 9.59 Å². The molecule has 4 heteroatoms. The molecule has 0 rings (SSSR count). The van der Waals surface area contributed by atoms with Crippen LogP contribution >= 0.6 is 0 Å². The van der Waals surface area contributed by atoms with Crippen molar-refractivity contribution in [3.63, 3.8) is 0 Å². The smallest absolute Gasteiger partial charge is 0.307 e. The van der Waals surface area contributed by atoms with E-state index in [1.54, 1.807) is 0 Å². The van der Waals surface area contributed by atoms with Crippen LogP contribution in [-0.4, -0.2) is 22.2 Å². The van der Waals surface area contributed by atoms with E-state index < -0.39 is 17.9 Å². The molecule has 116 valence electrons. The van der Waals surface area contributed by atoms with Gasteiger partial charge in [0.15, 0.2) is 0 Å². The second kappa shape index (κ2) is 11.5. The first-order valence-corrected chi connectivity index (χ1v) is 7.62. The fourth-order valence-corrected chi connectivity index (χ4v) is 2.39. The van der Waals surface area contributed by atoms with Crippen LogP contribution in [0.1, 0.15) is 65.2 Å². The molecule has 2 atom stereocenters. The first-order valence-electron chi connectivity index (χ1n) is 7.62. The van der Waals surface area contributed by atoms with Crippen molar-refractivity contribution in [3.8, 4) is 0 Å². The van der Waals surface area contributed by atoms with Crippen LogP contribution < -0.4 is 0 Å². The van der Waals surface area contributed by atoms with E-state index in [1.165, 1.54) is 12.8 Å². The van der Waals surface area contributed by atoms with Crippen LogP contribution in [0.5, 0.6) is 0 Å². The van der Waals surface area contributed by atoms with Crippen molar-refractivity contribution in [2.45, 2.75) is 65.2 Å². The van der Waals surface area contributed by atoms with E-state index in [0.717, 1.165) is 25.7 Å². The summed E-state index contributed by atoms with van der Waals surface area (Å²) in [7, 11) is 0. The molecule has 0 amide bonds. The highest BCUT2D eigenvalue weighted by atomic mass is 16.4. The molecular formula is C16H28O4. The highest BCUT2D eigenvalue weighted by molar-refractivity contribution is 5.77. The minimum atomic E-state index is -1.03. The summed E-state index contributed by atoms with van der Waals surface area (Å²) in [6.07, 6.45) is 10.9. The maximum absolute atomic E-state index is 11.2. The molecule has 0 aliphatic carbocycles. The van der Waals surface area contributed by atoms with Crippen molar-refractivity contribution in [2.24, 2.45) is 11.8 Å². The third-order valence-corrected chi connectivity index (χ3v) is 3.64. The Kier molecular flexibility index (Phi) is 10.7. The average molecular weight is 284 g/mol. The molecule has 0 aromatic rings. The summed E-state index contributed by atoms with van der Waals surface area (Å²) in [6, 6.07) is 0. The summed E-state index contributed by atoms with van der Waals surface area (Å²) in [5, 5.41) is 17.9. The standard InChI is InChI=1S/C16H28O4/c1-3-5-6-7-8-9-10-11-13(4-2)14(16(19)20)12-15(17)18/h7-8,13-14H,3-6,9-12H2,1-2H3,(H,17,18)(H,19,20). The normalized spacial score (nSPS) is 14.3. The summed E-state index contributed by atoms with van der Waals surface area (Å²) in [5.41, 5.74) is 0. The van der Waals surface area contributed by atoms with E-state index in [1.807, 2.05) is 6.92 Å². The third-order valence-electron chi connectivity index (χ3n) is 3.64. The molecule has 0 aromatic heterocycles. The van der Waals surface area contributed by atoms with Crippen molar-refractivity contribution >= 4 is 11.9 Å². The number of allylic oxidation sites excluding steroid dienone is 2. The van der Waals surface area contributed by atoms with Gasteiger partial charge in [0.2, 0.25) is 0 Å². The van der Waals surface area contributed by atoms with Gasteiger partial charge in [-0.15, -0.1) is 0 Å². The Morgan fingerprint density at radius 3 is 2.10 bits per heavy atom. The molecule has 0 saturated carbocycles. The van der Waals surface area contributed by atoms with Crippen molar-refractivity contribution < 1.29 is 19.8 Å². The molecular weight excluding hydrogens is 256 g/mol. The Hall–Kier alpha value is -1.32. The zero-order valence-corrected chi connectivity index (χ0v) is 12.7. The number of carboxylic acid groups (broad SMARTS) is 2. The Labute approximate surface area is 121 Å². The lowest BCUT2D eigenvalue weighted by atomic mass is 9.83. The van der Waals surface area contributed by atoms with Gasteiger partial charge in [0.25, 0.3) is 0 Å². The van der Waals surface area contributed by atoms with Gasteiger partial charge in [-0.2, -0.15) is 0 Å². The third kappa shape index (κ3) is 8.73. The minimum absolute atomic E-state index is 0.0485. The number of carboxylic acids is 2. The SMILES string of the molecule is CCCCC=CCCCC(CC)C(CC(=O)O)C(=O)O. The van der Waals surface area contributed by atoms with E-state index >= 15 is 0 Å². The van der Waals surface area contributed by atoms with E-state index in [0.29, 0.717) is 6.42 Å². The van der Waals surface area contributed by atoms with Crippen molar-refractivity contribution in [1.82, 2.24) is 0 Å². The van der Waals surface area contributed by atoms with Gasteiger partial charge in [-0.25, -0.2) is 0 Å². The molecule has 0 bridgehead atoms. The lowest BCUT2D eigenvalue weighted by Crippen LogP contribution is -2.26. The van der Waals surface area contributed by atoms with Gasteiger partial charge in [0.05, 0.1) is 12.3 Å². The van der Waals surface area contributed by atoms with Gasteiger partial charge in [0, 0.05) is 0 Å². The first kappa shape index (κ1) is 18.7. The zero-order chi connectivity index (χ0) is 15.4. The van der Waals surface area contributed by atoms with Crippen LogP contribution in [0.15, 0.2) is 12.2 Å². The number of rotatable bonds is 12. The van der Waals surface area contributed by atoms with Crippen molar-refractivity contribution in [2.75, 3.05) is 0 Å². The van der Waals surface area contributed by atoms with E-state index in [2.05, 4.69) is 19.1 Å². The van der Waals surface area contributed by atoms with Crippen LogP contribution in [0.3, 0.4) is 0 Å². The highest BCUT2D eigenvalue weighted by Crippen LogP contribution is 2.25. The molecule has 0 aliphatic rings. The second-order valence-corrected chi connectivity index (χ2v) is 5.26. The molecule has 0 spiro atoms. The Morgan fingerprint density at radius 2 is 1.65 bits per heavy atom. The number of hydrogen-bond acceptors (Lipinski definition) is 2. The van der Waals surface area contributed by atoms with E-state index in [4.69, 9.17) is 10.2 Å². The second-order valence-electron chi connectivity index (χ2n) is 5.26. The summed E-state index contributed by atoms with van der Waals surface area (Å²) in [5.74, 6) is -2.83. The van der Waals surface area contributed by atoms with Crippen LogP contribution in [0, 0.1) is 11.8 Å². The predicted octanol–water partition coefficient (Wildman–Crippen LogP) is 4.10. The fraction of sp³-hybridized carbons (Fsp3) is 0.750. The molecule has 2 N–H and O–H groups in total. The lowest BCUT2D eigenvalue weighted by molar-refractivity contribution is -0.150. The van der Waals surface area contributed by atoms with Crippen LogP contribution in [0.2, 0.25) is 0 Å². The molecule has 0 heterocycles. The maximum Gasteiger partial charge on any atom is 0.307 e. The lowest BCUT2D eigenvalue weighted by Gasteiger charge is -2.21. The largest absolute Gasteiger partial charge is 0.481 e. The van der Waals surface area contributed by atoms with Gasteiger partial charge in [-0.3, -0.25) is 9.59 Å². The number of unbranched alkanes of at least 4 members (excludes halogenated alkanes) is 3. The van der Waals surface area contributed by atoms with Crippen molar-refractivity contribution in [3.05, 3.63) is 12.2 Å². The van der Waals surface area contributed by atoms with Crippen molar-refractivity contribution in [1.29, 1.82) is 0 Å². The molecule has 20 heavy (non-hydrogen) atoms. The summed E-state index contributed by atoms with van der Waals surface area (Å²) < 4.78 is 0. The zero-order valence-electron chi connectivity index (χ0n) is 12.7. The number of carbonyl (C=O) groups is 2. The number of hydrogen-bond donors (Lipinski definition) is 2. The molecule has 0 fully saturated rings. The van der Waals surface area contributed by atoms with Gasteiger partial charge in [-0.05, 0) is 31.6 Å². The fourth-order valence-electron chi connectivity index (χ4n) is 2.39. The van der Waals surface area contributed by atoms with Crippen LogP contribution in [0.4, 0.5) is 0 Å². The topological polar surface area (TPSA) is 74.6 Å². The molecule has 0 aliphatic heterocycles. The molecule has 2 unspecified atom stereocenters. The van der Waals surface area contributed by atoms with E-state index in [9.17, 15) is 9.59 Å². The van der Waals surface area contributed by atoms with Gasteiger partial charge in [-0.1, -0.05) is 45.3 Å². The highest BCUT2D eigenvalue weighted by Gasteiger charge is 2.28. The quantitative estimate of drug-likeness (QED) is 0.418. The Balaban J connectivity index is 4.14. The monoisotopic (exact) mass is 284 g/mol. The average Bonchev–Trinajstić information content (AvgIpc) is 2.39. The Bertz CT molecular complexity index is 310. The Morgan fingerprint density at radius 1 is 1.05 bits per heavy atom. The summed E-state index contributed by atoms with van der Waals surface area (Å²) in [4.78, 5) is 21.9. The summed E-state index contributed by atoms with van der Waals surface area (Å²) in [6.45, 7) is 4.09. The van der Waals surface area contributed by atoms with Gasteiger partial charge >= 0.3 is 11.9 Å². The molecule has 0 radical (unpaired) electrons. The first-order chi connectivity index (χ1) is 9.52. The van der Waals surface area contributed by atoms with E-state index in [-0.39, 0.29) is 12.3 Å². The predicted molar refractivity (Wildman–Crippen MR) is 79.7 cm³/mol. The molecule has 0 saturated heterocycles. The number of aliphatic carboxylic acids is 2.